The average Bonchev–Trinajstić information content (AvgIpc) is 2.66. The Balaban J connectivity index is 1.60. The maximum Gasteiger partial charge on any atom is 0.196 e. The second-order valence-electron chi connectivity index (χ2n) is 8.33. The van der Waals surface area contributed by atoms with Crippen LogP contribution in [0.1, 0.15) is 90.4 Å². The number of hydrogen-bond donors (Lipinski definition) is 0. The number of hydrogen-bond acceptors (Lipinski definition) is 1. The summed E-state index contributed by atoms with van der Waals surface area (Å²) in [7, 11) is 0. The molecule has 0 N–H and O–H groups in total. The first-order valence-corrected chi connectivity index (χ1v) is 10.6. The highest BCUT2D eigenvalue weighted by Gasteiger charge is 2.21. The third-order valence-corrected chi connectivity index (χ3v) is 6.41. The highest BCUT2D eigenvalue weighted by Crippen LogP contribution is 2.35. The van der Waals surface area contributed by atoms with Crippen LogP contribution in [0.5, 0.6) is 0 Å². The summed E-state index contributed by atoms with van der Waals surface area (Å²) >= 11 is 0. The van der Waals surface area contributed by atoms with Gasteiger partial charge in [0.25, 0.3) is 0 Å². The fraction of sp³-hybridized carbons (Fsp3) is 0.783. The van der Waals surface area contributed by atoms with Gasteiger partial charge in [-0.2, -0.15) is 9.65 Å². The van der Waals surface area contributed by atoms with Crippen molar-refractivity contribution in [3.05, 3.63) is 24.1 Å². The predicted molar refractivity (Wildman–Crippen MR) is 104 cm³/mol. The maximum atomic E-state index is 12.8. The van der Waals surface area contributed by atoms with Crippen molar-refractivity contribution in [2.24, 2.45) is 23.7 Å². The van der Waals surface area contributed by atoms with Crippen molar-refractivity contribution in [1.29, 1.82) is 5.26 Å². The molecule has 25 heavy (non-hydrogen) atoms. The van der Waals surface area contributed by atoms with E-state index in [0.717, 1.165) is 30.1 Å². The largest absolute Gasteiger partial charge is 0.196 e. The van der Waals surface area contributed by atoms with E-state index < -0.39 is 5.83 Å². The lowest BCUT2D eigenvalue weighted by molar-refractivity contribution is 0.283. The highest BCUT2D eigenvalue weighted by molar-refractivity contribution is 5.11. The second kappa shape index (κ2) is 11.5. The monoisotopic (exact) mass is 345 g/mol. The van der Waals surface area contributed by atoms with Gasteiger partial charge in [0.2, 0.25) is 0 Å². The van der Waals surface area contributed by atoms with E-state index in [1.807, 2.05) is 0 Å². The number of halogens is 1. The van der Waals surface area contributed by atoms with Crippen LogP contribution >= 0.6 is 0 Å². The number of nitrogens with zero attached hydrogens (tertiary/aromatic N) is 1. The van der Waals surface area contributed by atoms with Gasteiger partial charge in [-0.05, 0) is 94.0 Å². The Morgan fingerprint density at radius 1 is 0.920 bits per heavy atom. The third-order valence-electron chi connectivity index (χ3n) is 6.41. The average molecular weight is 346 g/mol. The second-order valence-corrected chi connectivity index (χ2v) is 8.33. The molecule has 0 radical (unpaired) electrons. The Kier molecular flexibility index (Phi) is 9.30. The summed E-state index contributed by atoms with van der Waals surface area (Å²) in [6, 6.07) is 1.56. The van der Waals surface area contributed by atoms with Crippen LogP contribution in [-0.2, 0) is 0 Å². The molecule has 0 unspecified atom stereocenters. The maximum absolute atomic E-state index is 12.8. The molecule has 2 aliphatic carbocycles. The zero-order chi connectivity index (χ0) is 17.9. The molecule has 2 fully saturated rings. The quantitative estimate of drug-likeness (QED) is 0.330. The molecule has 0 amide bonds. The van der Waals surface area contributed by atoms with Crippen molar-refractivity contribution < 1.29 is 4.39 Å². The summed E-state index contributed by atoms with van der Waals surface area (Å²) < 4.78 is 12.8. The van der Waals surface area contributed by atoms with Crippen molar-refractivity contribution >= 4 is 0 Å². The third kappa shape index (κ3) is 7.76. The van der Waals surface area contributed by atoms with Gasteiger partial charge < -0.3 is 0 Å². The SMILES string of the molecule is CCCCC1CCC(C=CC2CCC(CCC=C(F)C#N)CC2)CC1. The summed E-state index contributed by atoms with van der Waals surface area (Å²) in [5.41, 5.74) is 0. The summed E-state index contributed by atoms with van der Waals surface area (Å²) in [5.74, 6) is 2.69. The van der Waals surface area contributed by atoms with Crippen LogP contribution in [0.4, 0.5) is 4.39 Å². The minimum Gasteiger partial charge on any atom is -0.195 e. The fourth-order valence-electron chi connectivity index (χ4n) is 4.64. The molecule has 0 saturated heterocycles. The van der Waals surface area contributed by atoms with Gasteiger partial charge in [-0.15, -0.1) is 0 Å². The first-order chi connectivity index (χ1) is 12.2. The van der Waals surface area contributed by atoms with Gasteiger partial charge in [-0.1, -0.05) is 38.3 Å². The Hall–Kier alpha value is -1.10. The topological polar surface area (TPSA) is 23.8 Å². The van der Waals surface area contributed by atoms with E-state index >= 15 is 0 Å². The van der Waals surface area contributed by atoms with Crippen LogP contribution in [0.25, 0.3) is 0 Å². The number of unbranched alkanes of at least 4 members (excludes halogenated alkanes) is 1. The molecule has 1 nitrogen and oxygen atoms in total. The molecule has 0 bridgehead atoms. The lowest BCUT2D eigenvalue weighted by Gasteiger charge is -2.28. The summed E-state index contributed by atoms with van der Waals surface area (Å²) in [6.07, 6.45) is 23.2. The van der Waals surface area contributed by atoms with Crippen LogP contribution in [0.3, 0.4) is 0 Å². The molecule has 2 heteroatoms. The van der Waals surface area contributed by atoms with Gasteiger partial charge in [-0.3, -0.25) is 0 Å². The highest BCUT2D eigenvalue weighted by atomic mass is 19.1. The molecule has 0 aromatic carbocycles. The smallest absolute Gasteiger partial charge is 0.195 e. The summed E-state index contributed by atoms with van der Waals surface area (Å²) in [6.45, 7) is 2.30. The molecular formula is C23H36FN. The van der Waals surface area contributed by atoms with Gasteiger partial charge in [0.1, 0.15) is 6.07 Å². The minimum absolute atomic E-state index is 0.624. The van der Waals surface area contributed by atoms with Gasteiger partial charge >= 0.3 is 0 Å². The molecule has 0 atom stereocenters. The minimum atomic E-state index is -0.624. The van der Waals surface area contributed by atoms with Crippen LogP contribution in [0.15, 0.2) is 24.1 Å². The van der Waals surface area contributed by atoms with E-state index in [4.69, 9.17) is 5.26 Å². The van der Waals surface area contributed by atoms with E-state index in [0.29, 0.717) is 6.42 Å². The Morgan fingerprint density at radius 2 is 1.44 bits per heavy atom. The van der Waals surface area contributed by atoms with E-state index in [1.165, 1.54) is 76.7 Å². The first-order valence-electron chi connectivity index (χ1n) is 10.6. The molecule has 0 aromatic heterocycles. The van der Waals surface area contributed by atoms with Gasteiger partial charge in [0.05, 0.1) is 0 Å². The standard InChI is InChI=1S/C23H36FN/c1-2-3-5-19-8-12-21(13-9-19)16-17-22-14-10-20(11-15-22)6-4-7-23(24)18-25/h7,16-17,19-22H,2-6,8-15H2,1H3. The zero-order valence-corrected chi connectivity index (χ0v) is 16.1. The Labute approximate surface area is 154 Å². The lowest BCUT2D eigenvalue weighted by Crippen LogP contribution is -2.15. The van der Waals surface area contributed by atoms with Crippen molar-refractivity contribution in [2.45, 2.75) is 90.4 Å². The van der Waals surface area contributed by atoms with Crippen LogP contribution < -0.4 is 0 Å². The van der Waals surface area contributed by atoms with Crippen molar-refractivity contribution in [3.63, 3.8) is 0 Å². The van der Waals surface area contributed by atoms with E-state index in [2.05, 4.69) is 19.1 Å². The van der Waals surface area contributed by atoms with Crippen molar-refractivity contribution in [1.82, 2.24) is 0 Å². The molecule has 140 valence electrons. The Bertz CT molecular complexity index is 457. The number of nitriles is 1. The van der Waals surface area contributed by atoms with Gasteiger partial charge in [-0.25, -0.2) is 0 Å². The van der Waals surface area contributed by atoms with Crippen molar-refractivity contribution in [3.8, 4) is 6.07 Å². The number of rotatable bonds is 8. The van der Waals surface area contributed by atoms with Crippen LogP contribution in [0, 0.1) is 35.0 Å². The summed E-state index contributed by atoms with van der Waals surface area (Å²) in [4.78, 5) is 0. The molecule has 0 spiro atoms. The van der Waals surface area contributed by atoms with Gasteiger partial charge in [0.15, 0.2) is 5.83 Å². The molecule has 0 heterocycles. The van der Waals surface area contributed by atoms with E-state index in [9.17, 15) is 4.39 Å². The zero-order valence-electron chi connectivity index (χ0n) is 16.1. The van der Waals surface area contributed by atoms with E-state index in [1.54, 1.807) is 6.07 Å². The molecule has 2 saturated carbocycles. The molecule has 2 aliphatic rings. The van der Waals surface area contributed by atoms with Crippen LogP contribution in [-0.4, -0.2) is 0 Å². The molecule has 2 rings (SSSR count). The predicted octanol–water partition coefficient (Wildman–Crippen LogP) is 7.50. The lowest BCUT2D eigenvalue weighted by atomic mass is 9.77. The van der Waals surface area contributed by atoms with Gasteiger partial charge in [0, 0.05) is 0 Å². The van der Waals surface area contributed by atoms with Crippen LogP contribution in [0.2, 0.25) is 0 Å². The number of allylic oxidation sites excluding steroid dienone is 4. The van der Waals surface area contributed by atoms with E-state index in [-0.39, 0.29) is 0 Å². The normalized spacial score (nSPS) is 31.2. The van der Waals surface area contributed by atoms with Crippen molar-refractivity contribution in [2.75, 3.05) is 0 Å². The molecule has 0 aromatic rings. The molecule has 0 aliphatic heterocycles. The Morgan fingerprint density at radius 3 is 1.92 bits per heavy atom. The fourth-order valence-corrected chi connectivity index (χ4v) is 4.64. The summed E-state index contributed by atoms with van der Waals surface area (Å²) in [5, 5.41) is 8.42. The molecular weight excluding hydrogens is 309 g/mol. The first kappa shape index (κ1) is 20.2.